The first-order chi connectivity index (χ1) is 9.88. The number of nitrogens with two attached hydrogens (primary N) is 1. The maximum absolute atomic E-state index is 7.36. The number of nitrogens with one attached hydrogen (secondary N) is 1. The van der Waals surface area contributed by atoms with E-state index in [2.05, 4.69) is 30.7 Å². The third-order valence-corrected chi connectivity index (χ3v) is 4.24. The Morgan fingerprint density at radius 1 is 1.29 bits per heavy atom. The Bertz CT molecular complexity index is 484. The summed E-state index contributed by atoms with van der Waals surface area (Å²) in [7, 11) is 2.18. The number of amidine groups is 1. The van der Waals surface area contributed by atoms with Crippen molar-refractivity contribution in [1.82, 2.24) is 9.80 Å². The molecule has 1 fully saturated rings. The van der Waals surface area contributed by atoms with Crippen LogP contribution in [0, 0.1) is 5.41 Å². The lowest BCUT2D eigenvalue weighted by molar-refractivity contribution is 0.0338. The normalized spacial score (nSPS) is 19.4. The van der Waals surface area contributed by atoms with Crippen LogP contribution in [-0.2, 0) is 0 Å². The molecule has 0 aromatic heterocycles. The summed E-state index contributed by atoms with van der Waals surface area (Å²) in [5.41, 5.74) is 6.38. The average molecular weight is 290 g/mol. The van der Waals surface area contributed by atoms with E-state index in [1.165, 1.54) is 0 Å². The summed E-state index contributed by atoms with van der Waals surface area (Å²) in [4.78, 5) is 4.86. The lowest BCUT2D eigenvalue weighted by Gasteiger charge is -2.45. The predicted octanol–water partition coefficient (Wildman–Crippen LogP) is 1.38. The van der Waals surface area contributed by atoms with E-state index in [1.54, 1.807) is 0 Å². The van der Waals surface area contributed by atoms with E-state index >= 15 is 0 Å². The Hall–Kier alpha value is -1.59. The molecule has 0 saturated carbocycles. The Labute approximate surface area is 127 Å². The Kier molecular flexibility index (Phi) is 4.85. The van der Waals surface area contributed by atoms with Crippen LogP contribution in [0.2, 0.25) is 0 Å². The van der Waals surface area contributed by atoms with Crippen molar-refractivity contribution >= 4 is 5.84 Å². The molecule has 2 rings (SSSR count). The van der Waals surface area contributed by atoms with Crippen LogP contribution in [0.1, 0.15) is 19.4 Å². The minimum absolute atomic E-state index is 0.0845. The first-order valence-electron chi connectivity index (χ1n) is 7.39. The number of hydrogen-bond donors (Lipinski definition) is 2. The van der Waals surface area contributed by atoms with Crippen LogP contribution < -0.4 is 10.5 Å². The topological polar surface area (TPSA) is 65.6 Å². The highest BCUT2D eigenvalue weighted by molar-refractivity contribution is 5.94. The molecule has 0 unspecified atom stereocenters. The molecular weight excluding hydrogens is 264 g/mol. The molecule has 0 amide bonds. The van der Waals surface area contributed by atoms with E-state index in [0.29, 0.717) is 6.61 Å². The molecule has 1 aliphatic heterocycles. The van der Waals surface area contributed by atoms with Gasteiger partial charge in [0.05, 0.1) is 0 Å². The second kappa shape index (κ2) is 6.45. The molecule has 5 nitrogen and oxygen atoms in total. The van der Waals surface area contributed by atoms with Gasteiger partial charge in [-0.2, -0.15) is 0 Å². The molecule has 0 bridgehead atoms. The zero-order chi connectivity index (χ0) is 15.5. The fourth-order valence-corrected chi connectivity index (χ4v) is 2.56. The van der Waals surface area contributed by atoms with Crippen LogP contribution in [-0.4, -0.2) is 61.0 Å². The van der Waals surface area contributed by atoms with Gasteiger partial charge in [0, 0.05) is 37.3 Å². The highest BCUT2D eigenvalue weighted by Crippen LogP contribution is 2.18. The van der Waals surface area contributed by atoms with Crippen molar-refractivity contribution in [1.29, 1.82) is 5.41 Å². The molecule has 1 aromatic carbocycles. The van der Waals surface area contributed by atoms with Gasteiger partial charge < -0.3 is 10.5 Å². The van der Waals surface area contributed by atoms with Crippen molar-refractivity contribution in [3.63, 3.8) is 0 Å². The summed E-state index contributed by atoms with van der Waals surface area (Å²) in [5, 5.41) is 7.36. The fraction of sp³-hybridized carbons (Fsp3) is 0.562. The van der Waals surface area contributed by atoms with Gasteiger partial charge in [-0.1, -0.05) is 0 Å². The predicted molar refractivity (Wildman–Crippen MR) is 86.1 cm³/mol. The molecule has 0 atom stereocenters. The molecule has 1 saturated heterocycles. The van der Waals surface area contributed by atoms with Crippen LogP contribution in [0.5, 0.6) is 5.75 Å². The maximum atomic E-state index is 7.36. The quantitative estimate of drug-likeness (QED) is 0.635. The van der Waals surface area contributed by atoms with Gasteiger partial charge in [-0.05, 0) is 45.2 Å². The lowest BCUT2D eigenvalue weighted by atomic mass is 10.00. The molecule has 0 spiro atoms. The summed E-state index contributed by atoms with van der Waals surface area (Å²) in [6.45, 7) is 9.43. The smallest absolute Gasteiger partial charge is 0.122 e. The Morgan fingerprint density at radius 3 is 2.52 bits per heavy atom. The van der Waals surface area contributed by atoms with E-state index in [1.807, 2.05) is 24.3 Å². The average Bonchev–Trinajstić information content (AvgIpc) is 2.43. The summed E-state index contributed by atoms with van der Waals surface area (Å²) in [6.07, 6.45) is 0. The van der Waals surface area contributed by atoms with Gasteiger partial charge in [0.25, 0.3) is 0 Å². The van der Waals surface area contributed by atoms with Gasteiger partial charge in [-0.3, -0.25) is 15.2 Å². The van der Waals surface area contributed by atoms with Crippen LogP contribution >= 0.6 is 0 Å². The van der Waals surface area contributed by atoms with Crippen molar-refractivity contribution < 1.29 is 4.74 Å². The van der Waals surface area contributed by atoms with Crippen molar-refractivity contribution in [2.75, 3.05) is 39.8 Å². The van der Waals surface area contributed by atoms with Crippen LogP contribution in [0.25, 0.3) is 0 Å². The number of ether oxygens (including phenoxy) is 1. The second-order valence-electron chi connectivity index (χ2n) is 6.30. The minimum atomic E-state index is 0.0845. The molecule has 0 aliphatic carbocycles. The van der Waals surface area contributed by atoms with E-state index in [0.717, 1.165) is 37.5 Å². The first-order valence-corrected chi connectivity index (χ1v) is 7.39. The number of likely N-dealkylation sites (N-methyl/N-ethyl adjacent to an activating group) is 1. The van der Waals surface area contributed by atoms with Crippen LogP contribution in [0.15, 0.2) is 24.3 Å². The molecular formula is C16H26N4O. The fourth-order valence-electron chi connectivity index (χ4n) is 2.56. The Morgan fingerprint density at radius 2 is 1.95 bits per heavy atom. The number of rotatable bonds is 5. The van der Waals surface area contributed by atoms with Crippen molar-refractivity contribution in [2.45, 2.75) is 19.4 Å². The largest absolute Gasteiger partial charge is 0.492 e. The number of nitrogens with zero attached hydrogens (tertiary/aromatic N) is 2. The van der Waals surface area contributed by atoms with E-state index in [9.17, 15) is 0 Å². The molecule has 5 heteroatoms. The summed E-state index contributed by atoms with van der Waals surface area (Å²) >= 11 is 0. The van der Waals surface area contributed by atoms with Crippen LogP contribution in [0.4, 0.5) is 0 Å². The summed E-state index contributed by atoms with van der Waals surface area (Å²) in [5.74, 6) is 0.912. The molecule has 116 valence electrons. The van der Waals surface area contributed by atoms with Gasteiger partial charge in [0.2, 0.25) is 0 Å². The first kappa shape index (κ1) is 15.8. The molecule has 1 aromatic rings. The zero-order valence-corrected chi connectivity index (χ0v) is 13.2. The third kappa shape index (κ3) is 4.19. The molecule has 1 heterocycles. The van der Waals surface area contributed by atoms with Crippen molar-refractivity contribution in [2.24, 2.45) is 5.73 Å². The Balaban J connectivity index is 1.78. The zero-order valence-electron chi connectivity index (χ0n) is 13.2. The van der Waals surface area contributed by atoms with Gasteiger partial charge >= 0.3 is 0 Å². The maximum Gasteiger partial charge on any atom is 0.122 e. The molecule has 3 N–H and O–H groups in total. The highest BCUT2D eigenvalue weighted by atomic mass is 16.5. The molecule has 1 aliphatic rings. The van der Waals surface area contributed by atoms with Gasteiger partial charge in [0.15, 0.2) is 0 Å². The monoisotopic (exact) mass is 290 g/mol. The molecule has 21 heavy (non-hydrogen) atoms. The van der Waals surface area contributed by atoms with Gasteiger partial charge in [0.1, 0.15) is 18.2 Å². The van der Waals surface area contributed by atoms with Crippen LogP contribution in [0.3, 0.4) is 0 Å². The number of hydrogen-bond acceptors (Lipinski definition) is 4. The number of benzene rings is 1. The SMILES string of the molecule is CN1CCN(CCOc2ccc(C(=N)N)cc2)CC1(C)C. The number of piperazine rings is 1. The highest BCUT2D eigenvalue weighted by Gasteiger charge is 2.30. The van der Waals surface area contributed by atoms with Crippen molar-refractivity contribution in [3.05, 3.63) is 29.8 Å². The lowest BCUT2D eigenvalue weighted by Crippen LogP contribution is -2.58. The minimum Gasteiger partial charge on any atom is -0.492 e. The van der Waals surface area contributed by atoms with E-state index in [-0.39, 0.29) is 11.4 Å². The van der Waals surface area contributed by atoms with E-state index < -0.39 is 0 Å². The number of nitrogen functional groups attached to an aromatic ring is 1. The third-order valence-electron chi connectivity index (χ3n) is 4.24. The van der Waals surface area contributed by atoms with Crippen molar-refractivity contribution in [3.8, 4) is 5.75 Å². The summed E-state index contributed by atoms with van der Waals surface area (Å²) < 4.78 is 5.77. The standard InChI is InChI=1S/C16H26N4O/c1-16(2)12-20(9-8-19(16)3)10-11-21-14-6-4-13(5-7-14)15(17)18/h4-7H,8-12H2,1-3H3,(H3,17,18). The van der Waals surface area contributed by atoms with Gasteiger partial charge in [-0.25, -0.2) is 0 Å². The summed E-state index contributed by atoms with van der Waals surface area (Å²) in [6, 6.07) is 7.36. The second-order valence-corrected chi connectivity index (χ2v) is 6.30. The van der Waals surface area contributed by atoms with E-state index in [4.69, 9.17) is 15.9 Å². The van der Waals surface area contributed by atoms with Gasteiger partial charge in [-0.15, -0.1) is 0 Å². The molecule has 0 radical (unpaired) electrons.